The minimum Gasteiger partial charge on any atom is -0.366 e. The Hall–Kier alpha value is -1.35. The predicted molar refractivity (Wildman–Crippen MR) is 64.3 cm³/mol. The van der Waals surface area contributed by atoms with E-state index in [1.54, 1.807) is 0 Å². The van der Waals surface area contributed by atoms with Crippen LogP contribution in [0.2, 0.25) is 0 Å². The van der Waals surface area contributed by atoms with Crippen LogP contribution in [0.1, 0.15) is 28.8 Å². The first-order valence-electron chi connectivity index (χ1n) is 5.85. The van der Waals surface area contributed by atoms with E-state index in [-0.39, 0.29) is 5.91 Å². The summed E-state index contributed by atoms with van der Waals surface area (Å²) in [6, 6.07) is 7.64. The van der Waals surface area contributed by atoms with E-state index in [0.29, 0.717) is 5.56 Å². The third-order valence-corrected chi connectivity index (χ3v) is 3.16. The van der Waals surface area contributed by atoms with Gasteiger partial charge in [-0.1, -0.05) is 12.1 Å². The molecule has 0 aliphatic carbocycles. The Morgan fingerprint density at radius 3 is 2.69 bits per heavy atom. The van der Waals surface area contributed by atoms with Gasteiger partial charge in [0.15, 0.2) is 0 Å². The number of nitrogens with one attached hydrogen (secondary N) is 1. The molecule has 0 saturated carbocycles. The lowest BCUT2D eigenvalue weighted by molar-refractivity contribution is 0.100. The first-order chi connectivity index (χ1) is 7.75. The highest BCUT2D eigenvalue weighted by Crippen LogP contribution is 2.16. The third kappa shape index (κ3) is 2.83. The van der Waals surface area contributed by atoms with Crippen LogP contribution in [0.3, 0.4) is 0 Å². The van der Waals surface area contributed by atoms with E-state index in [9.17, 15) is 4.79 Å². The Balaban J connectivity index is 1.96. The molecule has 1 saturated heterocycles. The average molecular weight is 218 g/mol. The fraction of sp³-hybridized carbons (Fsp3) is 0.462. The van der Waals surface area contributed by atoms with Crippen LogP contribution in [0.4, 0.5) is 0 Å². The number of rotatable bonds is 3. The highest BCUT2D eigenvalue weighted by Gasteiger charge is 2.13. The van der Waals surface area contributed by atoms with Gasteiger partial charge in [0.2, 0.25) is 5.91 Å². The van der Waals surface area contributed by atoms with Crippen LogP contribution in [0.15, 0.2) is 24.3 Å². The molecule has 3 nitrogen and oxygen atoms in total. The van der Waals surface area contributed by atoms with Gasteiger partial charge in [-0.2, -0.15) is 0 Å². The summed E-state index contributed by atoms with van der Waals surface area (Å²) in [5.74, 6) is 0.374. The summed E-state index contributed by atoms with van der Waals surface area (Å²) in [6.45, 7) is 2.26. The molecule has 0 spiro atoms. The molecule has 1 aromatic rings. The van der Waals surface area contributed by atoms with Gasteiger partial charge in [0.05, 0.1) is 0 Å². The molecule has 1 aromatic carbocycles. The van der Waals surface area contributed by atoms with Gasteiger partial charge in [-0.25, -0.2) is 0 Å². The van der Waals surface area contributed by atoms with Crippen LogP contribution in [0.25, 0.3) is 0 Å². The average Bonchev–Trinajstić information content (AvgIpc) is 2.31. The number of piperidine rings is 1. The largest absolute Gasteiger partial charge is 0.366 e. The molecule has 3 N–H and O–H groups in total. The van der Waals surface area contributed by atoms with Crippen molar-refractivity contribution in [3.63, 3.8) is 0 Å². The van der Waals surface area contributed by atoms with Gasteiger partial charge in [-0.3, -0.25) is 4.79 Å². The molecule has 0 radical (unpaired) electrons. The highest BCUT2D eigenvalue weighted by atomic mass is 16.1. The SMILES string of the molecule is NC(=O)c1ccc(CC2CCCNC2)cc1. The van der Waals surface area contributed by atoms with Gasteiger partial charge in [-0.05, 0) is 56.0 Å². The first-order valence-corrected chi connectivity index (χ1v) is 5.85. The highest BCUT2D eigenvalue weighted by molar-refractivity contribution is 5.92. The Kier molecular flexibility index (Phi) is 3.57. The van der Waals surface area contributed by atoms with Crippen LogP contribution in [-0.2, 0) is 6.42 Å². The molecule has 1 heterocycles. The minimum absolute atomic E-state index is 0.356. The number of hydrogen-bond acceptors (Lipinski definition) is 2. The number of hydrogen-bond donors (Lipinski definition) is 2. The second kappa shape index (κ2) is 5.12. The van der Waals surface area contributed by atoms with Crippen molar-refractivity contribution in [2.45, 2.75) is 19.3 Å². The van der Waals surface area contributed by atoms with Gasteiger partial charge in [0, 0.05) is 5.56 Å². The monoisotopic (exact) mass is 218 g/mol. The standard InChI is InChI=1S/C13H18N2O/c14-13(16)12-5-3-10(4-6-12)8-11-2-1-7-15-9-11/h3-6,11,15H,1-2,7-9H2,(H2,14,16). The molecule has 1 atom stereocenters. The topological polar surface area (TPSA) is 55.1 Å². The zero-order chi connectivity index (χ0) is 11.4. The first kappa shape index (κ1) is 11.1. The number of amides is 1. The van der Waals surface area contributed by atoms with Crippen molar-refractivity contribution in [3.8, 4) is 0 Å². The normalized spacial score (nSPS) is 20.6. The molecule has 3 heteroatoms. The molecule has 0 aromatic heterocycles. The zero-order valence-electron chi connectivity index (χ0n) is 9.41. The molecule has 86 valence electrons. The van der Waals surface area contributed by atoms with Crippen molar-refractivity contribution in [1.29, 1.82) is 0 Å². The molecule has 0 bridgehead atoms. The maximum atomic E-state index is 10.9. The summed E-state index contributed by atoms with van der Waals surface area (Å²) >= 11 is 0. The molecule has 1 unspecified atom stereocenters. The van der Waals surface area contributed by atoms with Gasteiger partial charge >= 0.3 is 0 Å². The summed E-state index contributed by atoms with van der Waals surface area (Å²) in [5.41, 5.74) is 7.08. The van der Waals surface area contributed by atoms with Crippen LogP contribution >= 0.6 is 0 Å². The van der Waals surface area contributed by atoms with E-state index < -0.39 is 0 Å². The summed E-state index contributed by atoms with van der Waals surface area (Å²) < 4.78 is 0. The fourth-order valence-electron chi connectivity index (χ4n) is 2.24. The third-order valence-electron chi connectivity index (χ3n) is 3.16. The van der Waals surface area contributed by atoms with Gasteiger partial charge < -0.3 is 11.1 Å². The van der Waals surface area contributed by atoms with E-state index in [1.807, 2.05) is 24.3 Å². The molecule has 2 rings (SSSR count). The number of benzene rings is 1. The molecular weight excluding hydrogens is 200 g/mol. The predicted octanol–water partition coefficient (Wildman–Crippen LogP) is 1.33. The Labute approximate surface area is 96.0 Å². The van der Waals surface area contributed by atoms with Gasteiger partial charge in [0.1, 0.15) is 0 Å². The van der Waals surface area contributed by atoms with Crippen molar-refractivity contribution in [2.75, 3.05) is 13.1 Å². The maximum Gasteiger partial charge on any atom is 0.248 e. The Bertz CT molecular complexity index is 353. The Morgan fingerprint density at radius 1 is 1.38 bits per heavy atom. The zero-order valence-corrected chi connectivity index (χ0v) is 9.41. The van der Waals surface area contributed by atoms with E-state index in [2.05, 4.69) is 5.32 Å². The summed E-state index contributed by atoms with van der Waals surface area (Å²) in [5, 5.41) is 3.41. The fourth-order valence-corrected chi connectivity index (χ4v) is 2.24. The summed E-state index contributed by atoms with van der Waals surface area (Å²) in [4.78, 5) is 10.9. The van der Waals surface area contributed by atoms with Crippen LogP contribution in [-0.4, -0.2) is 19.0 Å². The lowest BCUT2D eigenvalue weighted by Gasteiger charge is -2.22. The number of carbonyl (C=O) groups excluding carboxylic acids is 1. The van der Waals surface area contributed by atoms with Gasteiger partial charge in [0.25, 0.3) is 0 Å². The van der Waals surface area contributed by atoms with E-state index in [0.717, 1.165) is 25.4 Å². The van der Waals surface area contributed by atoms with E-state index >= 15 is 0 Å². The Morgan fingerprint density at radius 2 is 2.12 bits per heavy atom. The molecule has 16 heavy (non-hydrogen) atoms. The number of primary amides is 1. The smallest absolute Gasteiger partial charge is 0.248 e. The van der Waals surface area contributed by atoms with Gasteiger partial charge in [-0.15, -0.1) is 0 Å². The molecule has 1 aliphatic heterocycles. The lowest BCUT2D eigenvalue weighted by atomic mass is 9.92. The number of nitrogens with two attached hydrogens (primary N) is 1. The second-order valence-electron chi connectivity index (χ2n) is 4.48. The van der Waals surface area contributed by atoms with Crippen molar-refractivity contribution in [1.82, 2.24) is 5.32 Å². The second-order valence-corrected chi connectivity index (χ2v) is 4.48. The van der Waals surface area contributed by atoms with E-state index in [4.69, 9.17) is 5.73 Å². The lowest BCUT2D eigenvalue weighted by Crippen LogP contribution is -2.30. The van der Waals surface area contributed by atoms with Crippen LogP contribution in [0, 0.1) is 5.92 Å². The van der Waals surface area contributed by atoms with Crippen molar-refractivity contribution in [2.24, 2.45) is 11.7 Å². The van der Waals surface area contributed by atoms with Crippen molar-refractivity contribution in [3.05, 3.63) is 35.4 Å². The maximum absolute atomic E-state index is 10.9. The summed E-state index contributed by atoms with van der Waals surface area (Å²) in [6.07, 6.45) is 3.65. The molecule has 1 amide bonds. The van der Waals surface area contributed by atoms with E-state index in [1.165, 1.54) is 18.4 Å². The van der Waals surface area contributed by atoms with Crippen molar-refractivity contribution >= 4 is 5.91 Å². The van der Waals surface area contributed by atoms with Crippen LogP contribution in [0.5, 0.6) is 0 Å². The molecule has 1 aliphatic rings. The molecule has 1 fully saturated rings. The van der Waals surface area contributed by atoms with Crippen molar-refractivity contribution < 1.29 is 4.79 Å². The summed E-state index contributed by atoms with van der Waals surface area (Å²) in [7, 11) is 0. The number of carbonyl (C=O) groups is 1. The molecular formula is C13H18N2O. The quantitative estimate of drug-likeness (QED) is 0.804. The minimum atomic E-state index is -0.356. The van der Waals surface area contributed by atoms with Crippen LogP contribution < -0.4 is 11.1 Å².